The van der Waals surface area contributed by atoms with Crippen molar-refractivity contribution in [3.8, 4) is 11.5 Å². The van der Waals surface area contributed by atoms with Crippen molar-refractivity contribution in [1.82, 2.24) is 4.90 Å². The Morgan fingerprint density at radius 3 is 2.57 bits per heavy atom. The molecule has 2 aliphatic rings. The topological polar surface area (TPSA) is 76.1 Å². The molecule has 35 heavy (non-hydrogen) atoms. The van der Waals surface area contributed by atoms with Gasteiger partial charge in [0.05, 0.1) is 6.42 Å². The smallest absolute Gasteiger partial charge is 0.304 e. The van der Waals surface area contributed by atoms with Gasteiger partial charge in [-0.15, -0.1) is 0 Å². The van der Waals surface area contributed by atoms with E-state index in [1.165, 1.54) is 11.1 Å². The number of carbonyl (C=O) groups excluding carboxylic acids is 1. The van der Waals surface area contributed by atoms with Gasteiger partial charge in [-0.25, -0.2) is 0 Å². The Balaban J connectivity index is 1.46. The van der Waals surface area contributed by atoms with E-state index in [0.29, 0.717) is 30.2 Å². The number of carboxylic acids is 1. The molecule has 2 heterocycles. The highest BCUT2D eigenvalue weighted by Gasteiger charge is 2.27. The lowest BCUT2D eigenvalue weighted by atomic mass is 9.83. The SMILES string of the molecule is Cc1ccc(C(=O)N2CCc3ccc([C@H](CC(=O)O)c4ccc5c(c4C)OCO5)cc3C2)cc1C. The predicted molar refractivity (Wildman–Crippen MR) is 132 cm³/mol. The van der Waals surface area contributed by atoms with Crippen molar-refractivity contribution in [1.29, 1.82) is 0 Å². The molecule has 3 aromatic carbocycles. The van der Waals surface area contributed by atoms with E-state index in [4.69, 9.17) is 9.47 Å². The maximum atomic E-state index is 13.2. The molecule has 1 amide bonds. The Hall–Kier alpha value is -3.80. The molecule has 2 aliphatic heterocycles. The molecule has 6 heteroatoms. The molecule has 1 N–H and O–H groups in total. The lowest BCUT2D eigenvalue weighted by molar-refractivity contribution is -0.137. The maximum absolute atomic E-state index is 13.2. The van der Waals surface area contributed by atoms with E-state index in [-0.39, 0.29) is 25.0 Å². The predicted octanol–water partition coefficient (Wildman–Crippen LogP) is 5.15. The zero-order valence-electron chi connectivity index (χ0n) is 20.3. The average molecular weight is 472 g/mol. The van der Waals surface area contributed by atoms with E-state index in [2.05, 4.69) is 12.1 Å². The monoisotopic (exact) mass is 471 g/mol. The molecule has 0 radical (unpaired) electrons. The van der Waals surface area contributed by atoms with Gasteiger partial charge in [0, 0.05) is 24.6 Å². The summed E-state index contributed by atoms with van der Waals surface area (Å²) < 4.78 is 11.1. The van der Waals surface area contributed by atoms with E-state index >= 15 is 0 Å². The number of ether oxygens (including phenoxy) is 2. The lowest BCUT2D eigenvalue weighted by Crippen LogP contribution is -2.36. The van der Waals surface area contributed by atoms with Crippen LogP contribution in [0.3, 0.4) is 0 Å². The molecule has 6 nitrogen and oxygen atoms in total. The largest absolute Gasteiger partial charge is 0.481 e. The summed E-state index contributed by atoms with van der Waals surface area (Å²) in [7, 11) is 0. The van der Waals surface area contributed by atoms with Crippen LogP contribution in [-0.2, 0) is 17.8 Å². The lowest BCUT2D eigenvalue weighted by Gasteiger charge is -2.30. The number of aliphatic carboxylic acids is 1. The molecule has 0 bridgehead atoms. The highest BCUT2D eigenvalue weighted by molar-refractivity contribution is 5.94. The number of benzene rings is 3. The molecular formula is C29H29NO5. The van der Waals surface area contributed by atoms with Gasteiger partial charge < -0.3 is 19.5 Å². The van der Waals surface area contributed by atoms with Gasteiger partial charge in [-0.3, -0.25) is 9.59 Å². The highest BCUT2D eigenvalue weighted by atomic mass is 16.7. The summed E-state index contributed by atoms with van der Waals surface area (Å²) >= 11 is 0. The standard InChI is InChI=1S/C29H29NO5/c1-17-4-5-22(12-18(17)2)29(33)30-11-10-20-6-7-21(13-23(20)15-30)25(14-27(31)32)24-8-9-26-28(19(24)3)35-16-34-26/h4-9,12-13,25H,10-11,14-16H2,1-3H3,(H,31,32)/t25-/m0/s1. The van der Waals surface area contributed by atoms with Crippen LogP contribution in [0.2, 0.25) is 0 Å². The molecule has 180 valence electrons. The molecule has 5 rings (SSSR count). The van der Waals surface area contributed by atoms with Gasteiger partial charge in [-0.2, -0.15) is 0 Å². The summed E-state index contributed by atoms with van der Waals surface area (Å²) in [6.07, 6.45) is 0.739. The van der Waals surface area contributed by atoms with Crippen molar-refractivity contribution in [2.24, 2.45) is 0 Å². The fraction of sp³-hybridized carbons (Fsp3) is 0.310. The first kappa shape index (κ1) is 23.0. The van der Waals surface area contributed by atoms with Gasteiger partial charge in [0.15, 0.2) is 11.5 Å². The van der Waals surface area contributed by atoms with Crippen LogP contribution in [0.25, 0.3) is 0 Å². The third-order valence-corrected chi connectivity index (χ3v) is 7.27. The normalized spacial score (nSPS) is 15.0. The molecule has 0 aliphatic carbocycles. The average Bonchev–Trinajstić information content (AvgIpc) is 3.33. The number of aryl methyl sites for hydroxylation is 2. The first-order valence-corrected chi connectivity index (χ1v) is 11.9. The second-order valence-electron chi connectivity index (χ2n) is 9.47. The van der Waals surface area contributed by atoms with E-state index in [1.807, 2.05) is 62.1 Å². The summed E-state index contributed by atoms with van der Waals surface area (Å²) in [4.78, 5) is 26.9. The van der Waals surface area contributed by atoms with Crippen LogP contribution in [0.15, 0.2) is 48.5 Å². The number of amides is 1. The first-order valence-electron chi connectivity index (χ1n) is 11.9. The van der Waals surface area contributed by atoms with Crippen molar-refractivity contribution in [2.75, 3.05) is 13.3 Å². The van der Waals surface area contributed by atoms with Crippen molar-refractivity contribution >= 4 is 11.9 Å². The number of carboxylic acid groups (broad SMARTS) is 1. The second-order valence-corrected chi connectivity index (χ2v) is 9.47. The van der Waals surface area contributed by atoms with Crippen molar-refractivity contribution in [3.05, 3.63) is 93.0 Å². The molecule has 1 atom stereocenters. The van der Waals surface area contributed by atoms with Crippen LogP contribution in [0.5, 0.6) is 11.5 Å². The Kier molecular flexibility index (Phi) is 5.97. The quantitative estimate of drug-likeness (QED) is 0.557. The second kappa shape index (κ2) is 9.10. The van der Waals surface area contributed by atoms with Gasteiger partial charge in [-0.1, -0.05) is 30.3 Å². The highest BCUT2D eigenvalue weighted by Crippen LogP contribution is 2.42. The minimum Gasteiger partial charge on any atom is -0.481 e. The van der Waals surface area contributed by atoms with Gasteiger partial charge in [0.1, 0.15) is 0 Å². The summed E-state index contributed by atoms with van der Waals surface area (Å²) in [6.45, 7) is 7.35. The molecule has 0 saturated heterocycles. The number of carbonyl (C=O) groups is 2. The Labute approximate surface area is 205 Å². The Morgan fingerprint density at radius 1 is 0.971 bits per heavy atom. The van der Waals surface area contributed by atoms with Gasteiger partial charge in [-0.05, 0) is 84.3 Å². The number of nitrogens with zero attached hydrogens (tertiary/aromatic N) is 1. The summed E-state index contributed by atoms with van der Waals surface area (Å²) in [5, 5.41) is 9.70. The zero-order valence-corrected chi connectivity index (χ0v) is 20.3. The van der Waals surface area contributed by atoms with Crippen LogP contribution in [0.1, 0.15) is 61.6 Å². The maximum Gasteiger partial charge on any atom is 0.304 e. The minimum absolute atomic E-state index is 0.0258. The van der Waals surface area contributed by atoms with Crippen LogP contribution >= 0.6 is 0 Å². The summed E-state index contributed by atoms with van der Waals surface area (Å²) in [5.41, 5.74) is 7.98. The molecule has 3 aromatic rings. The number of hydrogen-bond acceptors (Lipinski definition) is 4. The Morgan fingerprint density at radius 2 is 1.80 bits per heavy atom. The molecule has 0 fully saturated rings. The van der Waals surface area contributed by atoms with Gasteiger partial charge in [0.2, 0.25) is 6.79 Å². The molecule has 0 unspecified atom stereocenters. The van der Waals surface area contributed by atoms with Crippen molar-refractivity contribution < 1.29 is 24.2 Å². The minimum atomic E-state index is -0.865. The van der Waals surface area contributed by atoms with Crippen LogP contribution in [-0.4, -0.2) is 35.2 Å². The summed E-state index contributed by atoms with van der Waals surface area (Å²) in [5.74, 6) is 0.194. The summed E-state index contributed by atoms with van der Waals surface area (Å²) in [6, 6.07) is 15.8. The van der Waals surface area contributed by atoms with Crippen LogP contribution in [0.4, 0.5) is 0 Å². The van der Waals surface area contributed by atoms with Crippen molar-refractivity contribution in [2.45, 2.75) is 46.1 Å². The fourth-order valence-electron chi connectivity index (χ4n) is 5.11. The molecule has 0 aromatic heterocycles. The molecular weight excluding hydrogens is 442 g/mol. The first-order chi connectivity index (χ1) is 16.8. The number of rotatable bonds is 5. The number of hydrogen-bond donors (Lipinski definition) is 1. The van der Waals surface area contributed by atoms with Crippen LogP contribution < -0.4 is 9.47 Å². The van der Waals surface area contributed by atoms with E-state index in [9.17, 15) is 14.7 Å². The molecule has 0 spiro atoms. The third kappa shape index (κ3) is 4.36. The van der Waals surface area contributed by atoms with Crippen molar-refractivity contribution in [3.63, 3.8) is 0 Å². The van der Waals surface area contributed by atoms with E-state index in [0.717, 1.165) is 34.2 Å². The van der Waals surface area contributed by atoms with E-state index < -0.39 is 5.97 Å². The zero-order chi connectivity index (χ0) is 24.7. The van der Waals surface area contributed by atoms with Crippen LogP contribution in [0, 0.1) is 20.8 Å². The number of fused-ring (bicyclic) bond motifs is 2. The van der Waals surface area contributed by atoms with E-state index in [1.54, 1.807) is 0 Å². The fourth-order valence-corrected chi connectivity index (χ4v) is 5.11. The van der Waals surface area contributed by atoms with Gasteiger partial charge >= 0.3 is 5.97 Å². The third-order valence-electron chi connectivity index (χ3n) is 7.27. The Bertz CT molecular complexity index is 1330. The molecule has 0 saturated carbocycles. The van der Waals surface area contributed by atoms with Gasteiger partial charge in [0.25, 0.3) is 5.91 Å².